The number of sulfone groups is 1. The van der Waals surface area contributed by atoms with E-state index in [1.54, 1.807) is 0 Å². The van der Waals surface area contributed by atoms with Crippen LogP contribution in [0, 0.1) is 29.4 Å². The van der Waals surface area contributed by atoms with Crippen LogP contribution in [0.5, 0.6) is 0 Å². The Balaban J connectivity index is 1.41. The number of pyridine rings is 1. The molecule has 3 atom stereocenters. The van der Waals surface area contributed by atoms with Gasteiger partial charge in [0.05, 0.1) is 33.9 Å². The summed E-state index contributed by atoms with van der Waals surface area (Å²) in [6.45, 7) is -4.38. The number of alkyl halides is 8. The van der Waals surface area contributed by atoms with Crippen LogP contribution in [0.4, 0.5) is 54.5 Å². The Hall–Kier alpha value is -6.89. The van der Waals surface area contributed by atoms with E-state index in [1.807, 2.05) is 0 Å². The van der Waals surface area contributed by atoms with Gasteiger partial charge in [-0.2, -0.15) is 49.6 Å². The molecule has 0 unspecified atom stereocenters. The van der Waals surface area contributed by atoms with E-state index in [2.05, 4.69) is 41.6 Å². The number of ether oxygens (including phenoxy) is 1. The molecule has 3 amide bonds. The number of nitrogens with one attached hydrogen (secondary N) is 1. The maximum atomic E-state index is 15.9. The fourth-order valence-corrected chi connectivity index (χ4v) is 10.9. The largest absolute Gasteiger partial charge is 0.480 e. The van der Waals surface area contributed by atoms with Crippen LogP contribution in [0.25, 0.3) is 22.0 Å². The van der Waals surface area contributed by atoms with Crippen molar-refractivity contribution >= 4 is 79.9 Å². The van der Waals surface area contributed by atoms with Gasteiger partial charge in [-0.15, -0.1) is 0 Å². The molecule has 1 saturated carbocycles. The van der Waals surface area contributed by atoms with Crippen LogP contribution in [0.15, 0.2) is 42.5 Å². The lowest BCUT2D eigenvalue weighted by molar-refractivity contribution is -0.144. The van der Waals surface area contributed by atoms with Crippen LogP contribution in [-0.2, 0) is 79.7 Å². The fraction of sp³-hybridized carbons (Fsp3) is 0.438. The van der Waals surface area contributed by atoms with Gasteiger partial charge in [-0.1, -0.05) is 23.6 Å². The normalized spacial score (nSPS) is 16.4. The first kappa shape index (κ1) is 64.7. The average Bonchev–Trinajstić information content (AvgIpc) is 1.56. The molecular weight excluding hydrogens is 1230 g/mol. The zero-order valence-electron chi connectivity index (χ0n) is 43.7. The third-order valence-electron chi connectivity index (χ3n) is 13.3. The van der Waals surface area contributed by atoms with Crippen LogP contribution in [0.3, 0.4) is 0 Å². The van der Waals surface area contributed by atoms with Crippen LogP contribution < -0.4 is 9.62 Å². The first-order valence-electron chi connectivity index (χ1n) is 24.2. The number of hydrogen-bond donors (Lipinski definition) is 4. The second-order valence-corrected chi connectivity index (χ2v) is 25.9. The number of fused-ring (bicyclic) bond motifs is 4. The molecule has 22 nitrogen and oxygen atoms in total. The number of carboxylic acid groups (broad SMARTS) is 1. The Kier molecular flexibility index (Phi) is 18.1. The van der Waals surface area contributed by atoms with Crippen molar-refractivity contribution in [1.82, 2.24) is 34.8 Å². The van der Waals surface area contributed by atoms with E-state index < -0.39 is 212 Å². The van der Waals surface area contributed by atoms with Crippen molar-refractivity contribution in [3.8, 4) is 23.0 Å². The molecule has 84 heavy (non-hydrogen) atoms. The Bertz CT molecular complexity index is 3810. The average molecular weight is 1280 g/mol. The summed E-state index contributed by atoms with van der Waals surface area (Å²) >= 11 is 6.66. The summed E-state index contributed by atoms with van der Waals surface area (Å²) in [5.74, 6) is -9.77. The number of benzene rings is 2. The minimum absolute atomic E-state index is 0.0559. The van der Waals surface area contributed by atoms with Gasteiger partial charge in [0.15, 0.2) is 21.3 Å². The van der Waals surface area contributed by atoms with Crippen LogP contribution in [-0.4, -0.2) is 128 Å². The van der Waals surface area contributed by atoms with Gasteiger partial charge in [-0.3, -0.25) is 28.6 Å². The zero-order valence-corrected chi connectivity index (χ0v) is 47.0. The summed E-state index contributed by atoms with van der Waals surface area (Å²) in [4.78, 5) is 75.2. The number of carboxylic acids is 1. The maximum absolute atomic E-state index is 15.9. The molecule has 3 aromatic heterocycles. The number of hydrogen-bond acceptors (Lipinski definition) is 14. The molecule has 4 N–H and O–H groups in total. The van der Waals surface area contributed by atoms with Crippen molar-refractivity contribution < 1.29 is 109 Å². The third-order valence-corrected chi connectivity index (χ3v) is 17.1. The van der Waals surface area contributed by atoms with Crippen molar-refractivity contribution in [2.24, 2.45) is 5.92 Å². The smallest absolute Gasteiger partial charge is 0.472 e. The second-order valence-electron chi connectivity index (χ2n) is 19.8. The van der Waals surface area contributed by atoms with Crippen LogP contribution in [0.1, 0.15) is 85.4 Å². The number of carbonyl (C=O) groups excluding carboxylic acids is 3. The molecule has 0 aliphatic heterocycles. The van der Waals surface area contributed by atoms with Gasteiger partial charge in [-0.05, 0) is 87.3 Å². The van der Waals surface area contributed by atoms with Gasteiger partial charge in [0, 0.05) is 47.9 Å². The highest BCUT2D eigenvalue weighted by atomic mass is 35.5. The minimum atomic E-state index is -5.28. The monoisotopic (exact) mass is 1280 g/mol. The second kappa shape index (κ2) is 23.5. The maximum Gasteiger partial charge on any atom is 0.472 e. The molecule has 1 fully saturated rings. The highest BCUT2D eigenvalue weighted by Gasteiger charge is 2.63. The van der Waals surface area contributed by atoms with Gasteiger partial charge in [0.25, 0.3) is 5.92 Å². The molecule has 3 heterocycles. The Labute approximate surface area is 474 Å². The van der Waals surface area contributed by atoms with E-state index in [-0.39, 0.29) is 37.8 Å². The lowest BCUT2D eigenvalue weighted by atomic mass is 9.73. The number of phosphoric acid groups is 1. The topological polar surface area (TPSA) is 300 Å². The van der Waals surface area contributed by atoms with E-state index >= 15 is 8.78 Å². The summed E-state index contributed by atoms with van der Waals surface area (Å²) in [6.07, 6.45) is -13.5. The van der Waals surface area contributed by atoms with Crippen LogP contribution in [0.2, 0.25) is 5.02 Å². The highest BCUT2D eigenvalue weighted by Crippen LogP contribution is 2.64. The fourth-order valence-electron chi connectivity index (χ4n) is 9.38. The molecule has 0 radical (unpaired) electrons. The number of aliphatic carboxylic acids is 1. The molecule has 2 aliphatic carbocycles. The minimum Gasteiger partial charge on any atom is -0.480 e. The number of carbonyl (C=O) groups is 4. The Morgan fingerprint density at radius 3 is 2.15 bits per heavy atom. The first-order chi connectivity index (χ1) is 38.6. The third kappa shape index (κ3) is 14.4. The standard InChI is InChI=1S/C48H46ClF10N8O14PS2/c1-45(2,83(3,76)77)14-13-27-7-8-28(39(60-27)33(18-24-16-25(50)19-26(51)17-24)61-34(68)20-65-42-37(41(62-65)48(57,58)59)30-9-11-31(30)47(42,55)56)29-10-12-32(49)38-40(29)66(22-46(52,53)54)63-43(38)67(84(4,78)79)35(69)6-5-15-64(21-36(70)71)44(72)80-23-81-82(73,74)75/h7-8,10,12,16-17,19,30-31,33H,5-6,9,11,15,18,20-23H2,1-4H3,(H,61,68)(H,70,71)(H2,73,74,75)/t30-,31+,33-/m0/s1. The van der Waals surface area contributed by atoms with Gasteiger partial charge >= 0.3 is 32.2 Å². The predicted molar refractivity (Wildman–Crippen MR) is 273 cm³/mol. The number of amides is 3. The number of sulfonamides is 1. The number of halogens is 11. The van der Waals surface area contributed by atoms with E-state index in [9.17, 15) is 80.8 Å². The summed E-state index contributed by atoms with van der Waals surface area (Å²) in [5.41, 5.74) is -6.56. The number of aromatic nitrogens is 5. The van der Waals surface area contributed by atoms with Crippen molar-refractivity contribution in [2.75, 3.05) is 36.7 Å². The van der Waals surface area contributed by atoms with E-state index in [0.29, 0.717) is 17.2 Å². The van der Waals surface area contributed by atoms with Gasteiger partial charge in [0.1, 0.15) is 47.4 Å². The molecule has 5 aromatic rings. The quantitative estimate of drug-likeness (QED) is 0.0256. The summed E-state index contributed by atoms with van der Waals surface area (Å²) in [5, 5.41) is 17.7. The van der Waals surface area contributed by atoms with Crippen molar-refractivity contribution in [3.05, 3.63) is 93.0 Å². The lowest BCUT2D eigenvalue weighted by Crippen LogP contribution is -2.39. The van der Waals surface area contributed by atoms with Crippen molar-refractivity contribution in [2.45, 2.75) is 94.0 Å². The molecule has 0 spiro atoms. The molecule has 0 saturated heterocycles. The van der Waals surface area contributed by atoms with Gasteiger partial charge < -0.3 is 24.9 Å². The molecule has 0 bridgehead atoms. The zero-order chi connectivity index (χ0) is 62.6. The summed E-state index contributed by atoms with van der Waals surface area (Å²) < 4.78 is 220. The molecule has 36 heteroatoms. The Morgan fingerprint density at radius 1 is 0.952 bits per heavy atom. The van der Waals surface area contributed by atoms with E-state index in [0.717, 1.165) is 42.7 Å². The lowest BCUT2D eigenvalue weighted by Gasteiger charge is -2.34. The number of phosphoric ester groups is 1. The Morgan fingerprint density at radius 2 is 1.60 bits per heavy atom. The first-order valence-corrected chi connectivity index (χ1v) is 29.9. The molecule has 7 rings (SSSR count). The van der Waals surface area contributed by atoms with E-state index in [1.165, 1.54) is 13.8 Å². The number of rotatable bonds is 20. The van der Waals surface area contributed by atoms with Crippen LogP contribution >= 0.6 is 19.4 Å². The van der Waals surface area contributed by atoms with Gasteiger partial charge in [-0.25, -0.2) is 44.5 Å². The summed E-state index contributed by atoms with van der Waals surface area (Å²) in [7, 11) is -14.2. The highest BCUT2D eigenvalue weighted by molar-refractivity contribution is 7.93. The SMILES string of the molecule is CC(C)(C#Cc1ccc(-c2ccc(Cl)c3c(N(C(=O)CCCN(CC(=O)O)C(=O)OCOP(=O)(O)O)S(C)(=O)=O)nn(CC(F)(F)F)c23)c([C@H](Cc2cc(F)cc(F)c2)NC(=O)Cn2nc(C(F)(F)F)c3c2C(F)(F)[C@@H]2CC[C@H]32)n1)S(C)(=O)=O. The molecule has 456 valence electrons. The molecule has 2 aliphatic rings. The molecule has 2 aromatic carbocycles. The summed E-state index contributed by atoms with van der Waals surface area (Å²) in [6, 6.07) is 4.23. The van der Waals surface area contributed by atoms with Crippen molar-refractivity contribution in [3.63, 3.8) is 0 Å². The molecular formula is C48H46ClF10N8O14PS2. The number of nitrogens with zero attached hydrogens (tertiary/aromatic N) is 7. The number of anilines is 1. The predicted octanol–water partition coefficient (Wildman–Crippen LogP) is 7.34. The van der Waals surface area contributed by atoms with E-state index in [4.69, 9.17) is 21.4 Å². The van der Waals surface area contributed by atoms with Crippen molar-refractivity contribution in [1.29, 1.82) is 0 Å². The van der Waals surface area contributed by atoms with Gasteiger partial charge in [0.2, 0.25) is 28.6 Å².